The van der Waals surface area contributed by atoms with E-state index in [4.69, 9.17) is 10.2 Å². The zero-order chi connectivity index (χ0) is 10.7. The lowest BCUT2D eigenvalue weighted by Gasteiger charge is -2.00. The minimum absolute atomic E-state index is 0.107. The second-order valence-corrected chi connectivity index (χ2v) is 3.57. The Bertz CT molecular complexity index is 422. The number of nitrogens with zero attached hydrogens (tertiary/aromatic N) is 2. The van der Waals surface area contributed by atoms with Crippen molar-refractivity contribution < 1.29 is 4.42 Å². The van der Waals surface area contributed by atoms with Crippen LogP contribution in [0.5, 0.6) is 0 Å². The topological polar surface area (TPSA) is 64.9 Å². The first-order valence-corrected chi connectivity index (χ1v) is 4.85. The molecule has 1 atom stereocenters. The van der Waals surface area contributed by atoms with E-state index in [1.807, 2.05) is 19.1 Å². The molecule has 15 heavy (non-hydrogen) atoms. The fourth-order valence-electron chi connectivity index (χ4n) is 1.39. The van der Waals surface area contributed by atoms with Gasteiger partial charge in [0.2, 0.25) is 0 Å². The average molecular weight is 203 g/mol. The fourth-order valence-corrected chi connectivity index (χ4v) is 1.39. The maximum Gasteiger partial charge on any atom is 0.137 e. The third-order valence-electron chi connectivity index (χ3n) is 2.03. The number of furan rings is 1. The Morgan fingerprint density at radius 2 is 2.07 bits per heavy atom. The highest BCUT2D eigenvalue weighted by Crippen LogP contribution is 2.20. The van der Waals surface area contributed by atoms with E-state index in [1.165, 1.54) is 6.33 Å². The molecule has 0 aromatic carbocycles. The van der Waals surface area contributed by atoms with Crippen molar-refractivity contribution in [2.75, 3.05) is 0 Å². The molecule has 4 nitrogen and oxygen atoms in total. The van der Waals surface area contributed by atoms with Gasteiger partial charge in [0.05, 0.1) is 5.56 Å². The molecule has 78 valence electrons. The summed E-state index contributed by atoms with van der Waals surface area (Å²) in [6.07, 6.45) is 5.69. The molecule has 0 aliphatic carbocycles. The van der Waals surface area contributed by atoms with Gasteiger partial charge in [0.1, 0.15) is 17.8 Å². The van der Waals surface area contributed by atoms with Crippen molar-refractivity contribution in [1.82, 2.24) is 9.97 Å². The Balaban J connectivity index is 2.21. The van der Waals surface area contributed by atoms with Crippen LogP contribution >= 0.6 is 0 Å². The molecule has 0 radical (unpaired) electrons. The SMILES string of the molecule is CC(N)Cc1ccc(-c2cncnc2)o1. The fraction of sp³-hybridized carbons (Fsp3) is 0.273. The Kier molecular flexibility index (Phi) is 2.78. The van der Waals surface area contributed by atoms with Crippen LogP contribution in [0.3, 0.4) is 0 Å². The molecular weight excluding hydrogens is 190 g/mol. The molecule has 1 unspecified atom stereocenters. The first-order chi connectivity index (χ1) is 7.25. The molecule has 2 rings (SSSR count). The van der Waals surface area contributed by atoms with Gasteiger partial charge < -0.3 is 10.2 Å². The molecule has 0 saturated carbocycles. The lowest BCUT2D eigenvalue weighted by atomic mass is 10.2. The van der Waals surface area contributed by atoms with Crippen molar-refractivity contribution in [3.63, 3.8) is 0 Å². The first kappa shape index (κ1) is 9.86. The molecule has 0 aliphatic rings. The van der Waals surface area contributed by atoms with Crippen LogP contribution in [0.4, 0.5) is 0 Å². The van der Waals surface area contributed by atoms with Crippen molar-refractivity contribution in [2.24, 2.45) is 5.73 Å². The van der Waals surface area contributed by atoms with E-state index in [0.29, 0.717) is 0 Å². The van der Waals surface area contributed by atoms with E-state index in [2.05, 4.69) is 9.97 Å². The van der Waals surface area contributed by atoms with Gasteiger partial charge in [-0.15, -0.1) is 0 Å². The van der Waals surface area contributed by atoms with Gasteiger partial charge in [-0.1, -0.05) is 0 Å². The van der Waals surface area contributed by atoms with Crippen LogP contribution in [0.2, 0.25) is 0 Å². The van der Waals surface area contributed by atoms with Crippen molar-refractivity contribution in [1.29, 1.82) is 0 Å². The number of nitrogens with two attached hydrogens (primary N) is 1. The number of rotatable bonds is 3. The Morgan fingerprint density at radius 3 is 2.73 bits per heavy atom. The normalized spacial score (nSPS) is 12.7. The van der Waals surface area contributed by atoms with Crippen molar-refractivity contribution >= 4 is 0 Å². The molecular formula is C11H13N3O. The second kappa shape index (κ2) is 4.23. The zero-order valence-corrected chi connectivity index (χ0v) is 8.55. The van der Waals surface area contributed by atoms with Gasteiger partial charge in [-0.05, 0) is 19.1 Å². The molecule has 0 bridgehead atoms. The zero-order valence-electron chi connectivity index (χ0n) is 8.55. The van der Waals surface area contributed by atoms with Gasteiger partial charge in [0.15, 0.2) is 0 Å². The van der Waals surface area contributed by atoms with E-state index in [-0.39, 0.29) is 6.04 Å². The monoisotopic (exact) mass is 203 g/mol. The molecule has 0 spiro atoms. The summed E-state index contributed by atoms with van der Waals surface area (Å²) in [5, 5.41) is 0. The summed E-state index contributed by atoms with van der Waals surface area (Å²) in [6, 6.07) is 3.96. The summed E-state index contributed by atoms with van der Waals surface area (Å²) in [6.45, 7) is 1.95. The van der Waals surface area contributed by atoms with Crippen molar-refractivity contribution in [2.45, 2.75) is 19.4 Å². The molecule has 0 fully saturated rings. The highest BCUT2D eigenvalue weighted by molar-refractivity contribution is 5.54. The minimum atomic E-state index is 0.107. The lowest BCUT2D eigenvalue weighted by molar-refractivity contribution is 0.503. The lowest BCUT2D eigenvalue weighted by Crippen LogP contribution is -2.17. The van der Waals surface area contributed by atoms with Crippen LogP contribution in [0.1, 0.15) is 12.7 Å². The van der Waals surface area contributed by atoms with Gasteiger partial charge in [0.25, 0.3) is 0 Å². The summed E-state index contributed by atoms with van der Waals surface area (Å²) >= 11 is 0. The van der Waals surface area contributed by atoms with Gasteiger partial charge in [-0.2, -0.15) is 0 Å². The molecule has 2 N–H and O–H groups in total. The Hall–Kier alpha value is -1.68. The summed E-state index contributed by atoms with van der Waals surface area (Å²) in [7, 11) is 0. The average Bonchev–Trinajstić information content (AvgIpc) is 2.67. The van der Waals surface area contributed by atoms with E-state index >= 15 is 0 Å². The van der Waals surface area contributed by atoms with Crippen LogP contribution in [-0.4, -0.2) is 16.0 Å². The summed E-state index contributed by atoms with van der Waals surface area (Å²) in [4.78, 5) is 7.87. The maximum atomic E-state index is 5.69. The highest BCUT2D eigenvalue weighted by atomic mass is 16.3. The highest BCUT2D eigenvalue weighted by Gasteiger charge is 2.06. The van der Waals surface area contributed by atoms with Crippen LogP contribution in [0.15, 0.2) is 35.3 Å². The van der Waals surface area contributed by atoms with Crippen LogP contribution in [0, 0.1) is 0 Å². The van der Waals surface area contributed by atoms with Crippen LogP contribution in [0.25, 0.3) is 11.3 Å². The Morgan fingerprint density at radius 1 is 1.33 bits per heavy atom. The minimum Gasteiger partial charge on any atom is -0.461 e. The number of aromatic nitrogens is 2. The van der Waals surface area contributed by atoms with Crippen LogP contribution in [-0.2, 0) is 6.42 Å². The third-order valence-corrected chi connectivity index (χ3v) is 2.03. The van der Waals surface area contributed by atoms with E-state index in [9.17, 15) is 0 Å². The van der Waals surface area contributed by atoms with Gasteiger partial charge in [0, 0.05) is 24.9 Å². The maximum absolute atomic E-state index is 5.69. The van der Waals surface area contributed by atoms with E-state index < -0.39 is 0 Å². The molecule has 0 amide bonds. The van der Waals surface area contributed by atoms with Crippen molar-refractivity contribution in [3.05, 3.63) is 36.6 Å². The predicted octanol–water partition coefficient (Wildman–Crippen LogP) is 1.63. The number of hydrogen-bond acceptors (Lipinski definition) is 4. The van der Waals surface area contributed by atoms with Gasteiger partial charge in [-0.25, -0.2) is 9.97 Å². The first-order valence-electron chi connectivity index (χ1n) is 4.85. The molecule has 0 saturated heterocycles. The van der Waals surface area contributed by atoms with Gasteiger partial charge >= 0.3 is 0 Å². The number of hydrogen-bond donors (Lipinski definition) is 1. The smallest absolute Gasteiger partial charge is 0.137 e. The largest absolute Gasteiger partial charge is 0.461 e. The Labute approximate surface area is 88.2 Å². The van der Waals surface area contributed by atoms with Crippen molar-refractivity contribution in [3.8, 4) is 11.3 Å². The summed E-state index contributed by atoms with van der Waals surface area (Å²) in [5.74, 6) is 1.68. The summed E-state index contributed by atoms with van der Waals surface area (Å²) in [5.41, 5.74) is 6.57. The third kappa shape index (κ3) is 2.41. The molecule has 2 aromatic rings. The summed E-state index contributed by atoms with van der Waals surface area (Å²) < 4.78 is 5.62. The molecule has 2 heterocycles. The second-order valence-electron chi connectivity index (χ2n) is 3.57. The molecule has 0 aliphatic heterocycles. The standard InChI is InChI=1S/C11H13N3O/c1-8(12)4-10-2-3-11(15-10)9-5-13-7-14-6-9/h2-3,5-8H,4,12H2,1H3. The van der Waals surface area contributed by atoms with Crippen LogP contribution < -0.4 is 5.73 Å². The van der Waals surface area contributed by atoms with Gasteiger partial charge in [-0.3, -0.25) is 0 Å². The van der Waals surface area contributed by atoms with E-state index in [1.54, 1.807) is 12.4 Å². The molecule has 2 aromatic heterocycles. The predicted molar refractivity (Wildman–Crippen MR) is 57.1 cm³/mol. The quantitative estimate of drug-likeness (QED) is 0.823. The van der Waals surface area contributed by atoms with E-state index in [0.717, 1.165) is 23.5 Å². The molecule has 4 heteroatoms.